The number of nitrogens with zero attached hydrogens (tertiary/aromatic N) is 6. The van der Waals surface area contributed by atoms with Crippen molar-refractivity contribution in [3.05, 3.63) is 47.3 Å². The number of aromatic nitrogens is 5. The molecule has 0 radical (unpaired) electrons. The average molecular weight is 380 g/mol. The van der Waals surface area contributed by atoms with E-state index in [1.807, 2.05) is 18.3 Å². The largest absolute Gasteiger partial charge is 0.329 e. The lowest BCUT2D eigenvalue weighted by Crippen LogP contribution is -2.39. The quantitative estimate of drug-likeness (QED) is 0.676. The Labute approximate surface area is 163 Å². The van der Waals surface area contributed by atoms with Crippen LogP contribution in [0.4, 0.5) is 0 Å². The summed E-state index contributed by atoms with van der Waals surface area (Å²) in [6.45, 7) is 7.93. The summed E-state index contributed by atoms with van der Waals surface area (Å²) in [7, 11) is 0. The summed E-state index contributed by atoms with van der Waals surface area (Å²) < 4.78 is 6.93. The Morgan fingerprint density at radius 3 is 2.82 bits per heavy atom. The number of hydrogen-bond donors (Lipinski definition) is 0. The first-order chi connectivity index (χ1) is 13.5. The van der Waals surface area contributed by atoms with Gasteiger partial charge in [0.1, 0.15) is 11.5 Å². The van der Waals surface area contributed by atoms with Crippen LogP contribution in [0.1, 0.15) is 47.8 Å². The Kier molecular flexibility index (Phi) is 4.93. The predicted molar refractivity (Wildman–Crippen MR) is 102 cm³/mol. The van der Waals surface area contributed by atoms with E-state index >= 15 is 0 Å². The third kappa shape index (κ3) is 3.42. The van der Waals surface area contributed by atoms with Gasteiger partial charge in [-0.3, -0.25) is 9.78 Å². The van der Waals surface area contributed by atoms with Gasteiger partial charge in [0.15, 0.2) is 5.69 Å². The van der Waals surface area contributed by atoms with Gasteiger partial charge in [-0.05, 0) is 43.0 Å². The van der Waals surface area contributed by atoms with Crippen molar-refractivity contribution in [2.45, 2.75) is 46.7 Å². The molecule has 8 heteroatoms. The fourth-order valence-corrected chi connectivity index (χ4v) is 3.52. The summed E-state index contributed by atoms with van der Waals surface area (Å²) in [5.41, 5.74) is 3.94. The van der Waals surface area contributed by atoms with Crippen molar-refractivity contribution in [1.82, 2.24) is 29.7 Å². The maximum absolute atomic E-state index is 12.9. The third-order valence-electron chi connectivity index (χ3n) is 5.11. The van der Waals surface area contributed by atoms with E-state index in [0.717, 1.165) is 35.6 Å². The monoisotopic (exact) mass is 380 g/mol. The van der Waals surface area contributed by atoms with Crippen LogP contribution in [-0.2, 0) is 19.5 Å². The van der Waals surface area contributed by atoms with Crippen molar-refractivity contribution in [2.24, 2.45) is 5.92 Å². The Balaban J connectivity index is 1.68. The van der Waals surface area contributed by atoms with Gasteiger partial charge >= 0.3 is 0 Å². The van der Waals surface area contributed by atoms with Crippen LogP contribution in [0, 0.1) is 12.8 Å². The van der Waals surface area contributed by atoms with Crippen molar-refractivity contribution in [2.75, 3.05) is 6.54 Å². The fraction of sp³-hybridized carbons (Fsp3) is 0.450. The van der Waals surface area contributed by atoms with Gasteiger partial charge in [0.2, 0.25) is 0 Å². The number of rotatable bonds is 5. The Hall–Kier alpha value is -3.03. The Bertz CT molecular complexity index is 976. The number of pyridine rings is 1. The molecule has 4 rings (SSSR count). The van der Waals surface area contributed by atoms with Crippen LogP contribution in [0.15, 0.2) is 29.2 Å². The molecule has 0 bridgehead atoms. The summed E-state index contributed by atoms with van der Waals surface area (Å²) >= 11 is 0. The topological polar surface area (TPSA) is 89.9 Å². The highest BCUT2D eigenvalue weighted by molar-refractivity contribution is 5.93. The second-order valence-electron chi connectivity index (χ2n) is 7.58. The smallest absolute Gasteiger partial charge is 0.278 e. The Morgan fingerprint density at radius 2 is 2.14 bits per heavy atom. The van der Waals surface area contributed by atoms with Crippen LogP contribution in [0.25, 0.3) is 11.4 Å². The highest BCUT2D eigenvalue weighted by atomic mass is 16.6. The molecule has 0 aliphatic carbocycles. The molecule has 28 heavy (non-hydrogen) atoms. The van der Waals surface area contributed by atoms with Crippen LogP contribution < -0.4 is 0 Å². The Morgan fingerprint density at radius 1 is 1.29 bits per heavy atom. The summed E-state index contributed by atoms with van der Waals surface area (Å²) in [5, 5.41) is 7.50. The number of imidazole rings is 1. The van der Waals surface area contributed by atoms with Gasteiger partial charge in [0.25, 0.3) is 5.91 Å². The van der Waals surface area contributed by atoms with Crippen LogP contribution in [-0.4, -0.2) is 42.2 Å². The van der Waals surface area contributed by atoms with E-state index in [2.05, 4.69) is 33.7 Å². The number of hydrogen-bond acceptors (Lipinski definition) is 6. The van der Waals surface area contributed by atoms with Crippen LogP contribution in [0.2, 0.25) is 0 Å². The molecule has 3 aromatic heterocycles. The van der Waals surface area contributed by atoms with Crippen molar-refractivity contribution in [3.8, 4) is 11.4 Å². The number of amides is 1. The maximum atomic E-state index is 12.9. The average Bonchev–Trinajstić information content (AvgIpc) is 3.29. The van der Waals surface area contributed by atoms with Crippen LogP contribution in [0.3, 0.4) is 0 Å². The van der Waals surface area contributed by atoms with E-state index in [4.69, 9.17) is 9.61 Å². The van der Waals surface area contributed by atoms with Gasteiger partial charge in [0.05, 0.1) is 17.9 Å². The van der Waals surface area contributed by atoms with Gasteiger partial charge in [-0.1, -0.05) is 19.0 Å². The van der Waals surface area contributed by atoms with E-state index in [1.54, 1.807) is 18.0 Å². The van der Waals surface area contributed by atoms with Crippen molar-refractivity contribution in [1.29, 1.82) is 0 Å². The molecule has 3 aromatic rings. The van der Waals surface area contributed by atoms with Gasteiger partial charge in [-0.2, -0.15) is 0 Å². The zero-order valence-electron chi connectivity index (χ0n) is 16.4. The zero-order valence-corrected chi connectivity index (χ0v) is 16.4. The minimum atomic E-state index is -0.149. The first-order valence-electron chi connectivity index (χ1n) is 9.61. The van der Waals surface area contributed by atoms with Gasteiger partial charge in [-0.15, -0.1) is 0 Å². The van der Waals surface area contributed by atoms with E-state index < -0.39 is 0 Å². The van der Waals surface area contributed by atoms with Crippen molar-refractivity contribution >= 4 is 5.91 Å². The second kappa shape index (κ2) is 7.53. The molecule has 0 N–H and O–H groups in total. The van der Waals surface area contributed by atoms with Crippen LogP contribution >= 0.6 is 0 Å². The first kappa shape index (κ1) is 18.3. The molecular formula is C20H24N6O2. The molecule has 146 valence electrons. The second-order valence-corrected chi connectivity index (χ2v) is 7.58. The maximum Gasteiger partial charge on any atom is 0.278 e. The molecule has 1 aliphatic heterocycles. The molecule has 0 fully saturated rings. The zero-order chi connectivity index (χ0) is 19.7. The highest BCUT2D eigenvalue weighted by Crippen LogP contribution is 2.28. The van der Waals surface area contributed by atoms with E-state index in [0.29, 0.717) is 31.2 Å². The lowest BCUT2D eigenvalue weighted by atomic mass is 10.0. The normalized spacial score (nSPS) is 13.8. The van der Waals surface area contributed by atoms with Gasteiger partial charge < -0.3 is 9.47 Å². The standard InChI is InChI=1S/C20H24N6O2/c1-13(2)6-7-16-17-12-25(20(27)18-14(3)23-28-24-18)9-10-26(17)19(22-16)15-5-4-8-21-11-15/h4-5,8,11,13H,6-7,9-10,12H2,1-3H3. The van der Waals surface area contributed by atoms with Crippen LogP contribution in [0.5, 0.6) is 0 Å². The molecule has 0 saturated carbocycles. The minimum Gasteiger partial charge on any atom is -0.329 e. The summed E-state index contributed by atoms with van der Waals surface area (Å²) in [4.78, 5) is 23.9. The number of carbonyl (C=O) groups is 1. The summed E-state index contributed by atoms with van der Waals surface area (Å²) in [6, 6.07) is 3.94. The molecule has 0 spiro atoms. The van der Waals surface area contributed by atoms with Gasteiger partial charge in [0, 0.05) is 31.0 Å². The molecule has 0 unspecified atom stereocenters. The number of aryl methyl sites for hydroxylation is 2. The third-order valence-corrected chi connectivity index (χ3v) is 5.11. The molecular weight excluding hydrogens is 356 g/mol. The minimum absolute atomic E-state index is 0.149. The lowest BCUT2D eigenvalue weighted by molar-refractivity contribution is 0.0699. The lowest BCUT2D eigenvalue weighted by Gasteiger charge is -2.29. The van der Waals surface area contributed by atoms with Crippen molar-refractivity contribution in [3.63, 3.8) is 0 Å². The fourth-order valence-electron chi connectivity index (χ4n) is 3.52. The van der Waals surface area contributed by atoms with Crippen molar-refractivity contribution < 1.29 is 9.42 Å². The first-order valence-corrected chi connectivity index (χ1v) is 9.61. The van der Waals surface area contributed by atoms with E-state index in [9.17, 15) is 4.79 Å². The van der Waals surface area contributed by atoms with Gasteiger partial charge in [-0.25, -0.2) is 9.61 Å². The highest BCUT2D eigenvalue weighted by Gasteiger charge is 2.30. The molecule has 1 amide bonds. The molecule has 0 saturated heterocycles. The molecule has 8 nitrogen and oxygen atoms in total. The van der Waals surface area contributed by atoms with E-state index in [1.165, 1.54) is 0 Å². The summed E-state index contributed by atoms with van der Waals surface area (Å²) in [6.07, 6.45) is 5.54. The molecule has 1 aliphatic rings. The molecule has 0 aromatic carbocycles. The number of fused-ring (bicyclic) bond motifs is 1. The predicted octanol–water partition coefficient (Wildman–Crippen LogP) is 2.88. The SMILES string of the molecule is Cc1nonc1C(=O)N1CCn2c(-c3cccnc3)nc(CCC(C)C)c2C1. The number of carbonyl (C=O) groups excluding carboxylic acids is 1. The molecule has 0 atom stereocenters. The molecule has 4 heterocycles. The van der Waals surface area contributed by atoms with E-state index in [-0.39, 0.29) is 11.6 Å². The summed E-state index contributed by atoms with van der Waals surface area (Å²) in [5.74, 6) is 1.36.